The van der Waals surface area contributed by atoms with Crippen molar-refractivity contribution in [2.45, 2.75) is 52.9 Å². The molecule has 3 heteroatoms. The van der Waals surface area contributed by atoms with Gasteiger partial charge in [0.05, 0.1) is 6.04 Å². The zero-order valence-electron chi connectivity index (χ0n) is 12.1. The first-order valence-corrected chi connectivity index (χ1v) is 6.23. The molecule has 0 aromatic heterocycles. The van der Waals surface area contributed by atoms with Crippen LogP contribution in [0.15, 0.2) is 0 Å². The van der Waals surface area contributed by atoms with Crippen molar-refractivity contribution in [3.63, 3.8) is 0 Å². The van der Waals surface area contributed by atoms with Crippen molar-refractivity contribution in [2.24, 2.45) is 5.41 Å². The summed E-state index contributed by atoms with van der Waals surface area (Å²) >= 11 is 0. The molecular formula is C14H27NO2. The van der Waals surface area contributed by atoms with E-state index in [1.54, 1.807) is 14.2 Å². The molecule has 0 aromatic rings. The maximum absolute atomic E-state index is 5.29. The largest absolute Gasteiger partial charge is 0.354 e. The Morgan fingerprint density at radius 3 is 2.18 bits per heavy atom. The molecule has 0 saturated carbocycles. The third kappa shape index (κ3) is 8.20. The Kier molecular flexibility index (Phi) is 8.24. The summed E-state index contributed by atoms with van der Waals surface area (Å²) < 4.78 is 10.6. The maximum Gasteiger partial charge on any atom is 0.172 e. The van der Waals surface area contributed by atoms with Gasteiger partial charge in [0.15, 0.2) is 6.29 Å². The summed E-state index contributed by atoms with van der Waals surface area (Å²) in [6.07, 6.45) is 1.59. The zero-order valence-corrected chi connectivity index (χ0v) is 12.1. The van der Waals surface area contributed by atoms with Crippen LogP contribution in [0.5, 0.6) is 0 Å². The summed E-state index contributed by atoms with van der Waals surface area (Å²) in [6.45, 7) is 9.42. The Balaban J connectivity index is 4.41. The van der Waals surface area contributed by atoms with Gasteiger partial charge in [0.2, 0.25) is 0 Å². The molecule has 0 aliphatic rings. The SMILES string of the molecule is CCCNC(CC#CC(C)(C)C)C(OC)OC. The van der Waals surface area contributed by atoms with E-state index < -0.39 is 0 Å². The molecule has 0 saturated heterocycles. The molecule has 1 N–H and O–H groups in total. The minimum atomic E-state index is -0.240. The summed E-state index contributed by atoms with van der Waals surface area (Å²) in [5.41, 5.74) is 0.0466. The highest BCUT2D eigenvalue weighted by Gasteiger charge is 2.19. The van der Waals surface area contributed by atoms with Crippen molar-refractivity contribution in [3.8, 4) is 11.8 Å². The van der Waals surface area contributed by atoms with Crippen LogP contribution in [0.25, 0.3) is 0 Å². The average molecular weight is 241 g/mol. The van der Waals surface area contributed by atoms with Gasteiger partial charge in [-0.2, -0.15) is 0 Å². The number of methoxy groups -OCH3 is 2. The average Bonchev–Trinajstić information content (AvgIpc) is 2.25. The number of nitrogens with one attached hydrogen (secondary N) is 1. The lowest BCUT2D eigenvalue weighted by atomic mass is 9.97. The predicted octanol–water partition coefficient (Wildman–Crippen LogP) is 2.41. The van der Waals surface area contributed by atoms with E-state index in [1.807, 2.05) is 0 Å². The van der Waals surface area contributed by atoms with Crippen LogP contribution in [0.4, 0.5) is 0 Å². The predicted molar refractivity (Wildman–Crippen MR) is 71.7 cm³/mol. The molecule has 0 heterocycles. The summed E-state index contributed by atoms with van der Waals surface area (Å²) in [5.74, 6) is 6.44. The normalized spacial score (nSPS) is 13.4. The van der Waals surface area contributed by atoms with Gasteiger partial charge < -0.3 is 14.8 Å². The molecule has 0 aliphatic carbocycles. The first kappa shape index (κ1) is 16.4. The summed E-state index contributed by atoms with van der Waals surface area (Å²) in [6, 6.07) is 0.125. The van der Waals surface area contributed by atoms with Gasteiger partial charge in [-0.3, -0.25) is 0 Å². The van der Waals surface area contributed by atoms with Crippen LogP contribution >= 0.6 is 0 Å². The lowest BCUT2D eigenvalue weighted by Crippen LogP contribution is -2.42. The maximum atomic E-state index is 5.29. The molecule has 0 bridgehead atoms. The fraction of sp³-hybridized carbons (Fsp3) is 0.857. The monoisotopic (exact) mass is 241 g/mol. The second-order valence-electron chi connectivity index (χ2n) is 5.16. The van der Waals surface area contributed by atoms with Crippen molar-refractivity contribution in [1.82, 2.24) is 5.32 Å². The third-order valence-electron chi connectivity index (χ3n) is 2.24. The third-order valence-corrected chi connectivity index (χ3v) is 2.24. The molecule has 0 spiro atoms. The van der Waals surface area contributed by atoms with E-state index >= 15 is 0 Å². The molecule has 17 heavy (non-hydrogen) atoms. The van der Waals surface area contributed by atoms with Crippen LogP contribution < -0.4 is 5.32 Å². The Morgan fingerprint density at radius 2 is 1.76 bits per heavy atom. The van der Waals surface area contributed by atoms with Crippen molar-refractivity contribution in [2.75, 3.05) is 20.8 Å². The van der Waals surface area contributed by atoms with Crippen molar-refractivity contribution in [1.29, 1.82) is 0 Å². The Labute approximate surface area is 106 Å². The second-order valence-corrected chi connectivity index (χ2v) is 5.16. The number of hydrogen-bond acceptors (Lipinski definition) is 3. The van der Waals surface area contributed by atoms with Crippen molar-refractivity contribution in [3.05, 3.63) is 0 Å². The van der Waals surface area contributed by atoms with Gasteiger partial charge in [-0.05, 0) is 33.7 Å². The smallest absolute Gasteiger partial charge is 0.172 e. The van der Waals surface area contributed by atoms with Gasteiger partial charge in [0.25, 0.3) is 0 Å². The highest BCUT2D eigenvalue weighted by molar-refractivity contribution is 5.08. The van der Waals surface area contributed by atoms with E-state index in [0.29, 0.717) is 0 Å². The molecule has 0 amide bonds. The molecule has 0 radical (unpaired) electrons. The van der Waals surface area contributed by atoms with E-state index in [1.165, 1.54) is 0 Å². The fourth-order valence-electron chi connectivity index (χ4n) is 1.45. The van der Waals surface area contributed by atoms with Gasteiger partial charge in [-0.1, -0.05) is 12.8 Å². The zero-order chi connectivity index (χ0) is 13.3. The van der Waals surface area contributed by atoms with Gasteiger partial charge in [0, 0.05) is 26.1 Å². The van der Waals surface area contributed by atoms with Gasteiger partial charge in [-0.25, -0.2) is 0 Å². The van der Waals surface area contributed by atoms with Crippen molar-refractivity contribution >= 4 is 0 Å². The highest BCUT2D eigenvalue weighted by Crippen LogP contribution is 2.11. The Bertz CT molecular complexity index is 243. The molecule has 0 aromatic carbocycles. The highest BCUT2D eigenvalue weighted by atomic mass is 16.7. The fourth-order valence-corrected chi connectivity index (χ4v) is 1.45. The van der Waals surface area contributed by atoms with Crippen LogP contribution in [-0.4, -0.2) is 33.1 Å². The van der Waals surface area contributed by atoms with E-state index in [2.05, 4.69) is 44.9 Å². The molecule has 3 nitrogen and oxygen atoms in total. The molecule has 0 rings (SSSR count). The van der Waals surface area contributed by atoms with Crippen LogP contribution in [0.2, 0.25) is 0 Å². The molecule has 0 fully saturated rings. The first-order valence-electron chi connectivity index (χ1n) is 6.23. The lowest BCUT2D eigenvalue weighted by molar-refractivity contribution is -0.121. The van der Waals surface area contributed by atoms with Crippen molar-refractivity contribution < 1.29 is 9.47 Å². The summed E-state index contributed by atoms with van der Waals surface area (Å²) in [5, 5.41) is 3.41. The molecule has 1 unspecified atom stereocenters. The van der Waals surface area contributed by atoms with E-state index in [0.717, 1.165) is 19.4 Å². The quantitative estimate of drug-likeness (QED) is 0.548. The molecule has 100 valence electrons. The van der Waals surface area contributed by atoms with E-state index in [-0.39, 0.29) is 17.7 Å². The van der Waals surface area contributed by atoms with E-state index in [9.17, 15) is 0 Å². The van der Waals surface area contributed by atoms with Gasteiger partial charge >= 0.3 is 0 Å². The number of hydrogen-bond donors (Lipinski definition) is 1. The Morgan fingerprint density at radius 1 is 1.18 bits per heavy atom. The molecular weight excluding hydrogens is 214 g/mol. The first-order chi connectivity index (χ1) is 7.94. The van der Waals surface area contributed by atoms with Crippen LogP contribution in [-0.2, 0) is 9.47 Å². The molecule has 1 atom stereocenters. The number of ether oxygens (including phenoxy) is 2. The topological polar surface area (TPSA) is 30.5 Å². The van der Waals surface area contributed by atoms with Gasteiger partial charge in [-0.15, -0.1) is 5.92 Å². The summed E-state index contributed by atoms with van der Waals surface area (Å²) in [4.78, 5) is 0. The van der Waals surface area contributed by atoms with Crippen LogP contribution in [0.1, 0.15) is 40.5 Å². The minimum Gasteiger partial charge on any atom is -0.354 e. The van der Waals surface area contributed by atoms with Crippen LogP contribution in [0, 0.1) is 17.3 Å². The number of rotatable bonds is 7. The molecule has 0 aliphatic heterocycles. The lowest BCUT2D eigenvalue weighted by Gasteiger charge is -2.24. The minimum absolute atomic E-state index is 0.0466. The Hall–Kier alpha value is -0.560. The summed E-state index contributed by atoms with van der Waals surface area (Å²) in [7, 11) is 3.32. The van der Waals surface area contributed by atoms with Crippen LogP contribution in [0.3, 0.4) is 0 Å². The standard InChI is InChI=1S/C14H27NO2/c1-7-11-15-12(13(16-5)17-6)9-8-10-14(2,3)4/h12-13,15H,7,9,11H2,1-6H3. The van der Waals surface area contributed by atoms with Gasteiger partial charge in [0.1, 0.15) is 0 Å². The second kappa shape index (κ2) is 8.52. The van der Waals surface area contributed by atoms with E-state index in [4.69, 9.17) is 9.47 Å².